The highest BCUT2D eigenvalue weighted by Gasteiger charge is 2.07. The SMILES string of the molecule is CCC(=Cc1cc(Br)cc(Br)c1OC)CCl. The minimum absolute atomic E-state index is 0.545. The van der Waals surface area contributed by atoms with E-state index in [9.17, 15) is 0 Å². The van der Waals surface area contributed by atoms with Crippen molar-refractivity contribution in [3.05, 3.63) is 32.2 Å². The number of hydrogen-bond acceptors (Lipinski definition) is 1. The highest BCUT2D eigenvalue weighted by molar-refractivity contribution is 9.11. The summed E-state index contributed by atoms with van der Waals surface area (Å²) >= 11 is 12.8. The Bertz CT molecular complexity index is 396. The molecule has 0 unspecified atom stereocenters. The molecule has 16 heavy (non-hydrogen) atoms. The molecule has 1 nitrogen and oxygen atoms in total. The zero-order valence-corrected chi connectivity index (χ0v) is 13.1. The molecule has 88 valence electrons. The van der Waals surface area contributed by atoms with E-state index in [2.05, 4.69) is 44.9 Å². The fraction of sp³-hybridized carbons (Fsp3) is 0.333. The van der Waals surface area contributed by atoms with Gasteiger partial charge in [-0.15, -0.1) is 11.6 Å². The van der Waals surface area contributed by atoms with Gasteiger partial charge >= 0.3 is 0 Å². The standard InChI is InChI=1S/C12H13Br2ClO/c1-3-8(7-15)4-9-5-10(13)6-11(14)12(9)16-2/h4-6H,3,7H2,1-2H3. The van der Waals surface area contributed by atoms with Gasteiger partial charge in [0.1, 0.15) is 5.75 Å². The van der Waals surface area contributed by atoms with Gasteiger partial charge < -0.3 is 4.74 Å². The summed E-state index contributed by atoms with van der Waals surface area (Å²) in [6.07, 6.45) is 3.01. The molecule has 0 bridgehead atoms. The largest absolute Gasteiger partial charge is 0.495 e. The molecule has 0 aromatic heterocycles. The van der Waals surface area contributed by atoms with Crippen molar-refractivity contribution >= 4 is 49.5 Å². The Morgan fingerprint density at radius 2 is 2.12 bits per heavy atom. The van der Waals surface area contributed by atoms with E-state index < -0.39 is 0 Å². The minimum Gasteiger partial charge on any atom is -0.495 e. The van der Waals surface area contributed by atoms with Gasteiger partial charge in [0.2, 0.25) is 0 Å². The van der Waals surface area contributed by atoms with Crippen LogP contribution >= 0.6 is 43.5 Å². The molecule has 0 aliphatic heterocycles. The lowest BCUT2D eigenvalue weighted by atomic mass is 10.1. The summed E-state index contributed by atoms with van der Waals surface area (Å²) in [6, 6.07) is 3.98. The van der Waals surface area contributed by atoms with Gasteiger partial charge in [-0.05, 0) is 34.5 Å². The van der Waals surface area contributed by atoms with Crippen molar-refractivity contribution in [2.45, 2.75) is 13.3 Å². The van der Waals surface area contributed by atoms with E-state index in [-0.39, 0.29) is 0 Å². The molecule has 0 saturated heterocycles. The monoisotopic (exact) mass is 366 g/mol. The molecular weight excluding hydrogens is 355 g/mol. The summed E-state index contributed by atoms with van der Waals surface area (Å²) in [6.45, 7) is 2.09. The molecule has 1 aromatic carbocycles. The van der Waals surface area contributed by atoms with E-state index in [1.807, 2.05) is 12.1 Å². The molecule has 0 aliphatic carbocycles. The average molecular weight is 368 g/mol. The maximum atomic E-state index is 5.86. The van der Waals surface area contributed by atoms with Crippen molar-refractivity contribution in [2.24, 2.45) is 0 Å². The molecule has 1 rings (SSSR count). The van der Waals surface area contributed by atoms with Gasteiger partial charge in [-0.25, -0.2) is 0 Å². The third-order valence-electron chi connectivity index (χ3n) is 2.23. The van der Waals surface area contributed by atoms with Crippen molar-refractivity contribution in [3.8, 4) is 5.75 Å². The molecule has 4 heteroatoms. The molecule has 0 atom stereocenters. The first-order chi connectivity index (χ1) is 7.62. The highest BCUT2D eigenvalue weighted by Crippen LogP contribution is 2.34. The topological polar surface area (TPSA) is 9.23 Å². The van der Waals surface area contributed by atoms with Crippen LogP contribution in [-0.2, 0) is 0 Å². The Hall–Kier alpha value is 0.01000. The average Bonchev–Trinajstić information content (AvgIpc) is 2.25. The van der Waals surface area contributed by atoms with Gasteiger partial charge in [-0.3, -0.25) is 0 Å². The van der Waals surface area contributed by atoms with Gasteiger partial charge in [-0.1, -0.05) is 34.5 Å². The molecular formula is C12H13Br2ClO. The van der Waals surface area contributed by atoms with Crippen LogP contribution in [-0.4, -0.2) is 13.0 Å². The number of rotatable bonds is 4. The predicted molar refractivity (Wildman–Crippen MR) is 77.4 cm³/mol. The molecule has 0 saturated carbocycles. The third-order valence-corrected chi connectivity index (χ3v) is 3.62. The van der Waals surface area contributed by atoms with Gasteiger partial charge in [0, 0.05) is 15.9 Å². The van der Waals surface area contributed by atoms with Crippen LogP contribution in [0, 0.1) is 0 Å². The van der Waals surface area contributed by atoms with Crippen molar-refractivity contribution in [2.75, 3.05) is 13.0 Å². The normalized spacial score (nSPS) is 11.7. The van der Waals surface area contributed by atoms with E-state index in [1.54, 1.807) is 7.11 Å². The number of halogens is 3. The lowest BCUT2D eigenvalue weighted by Gasteiger charge is -2.09. The fourth-order valence-corrected chi connectivity index (χ4v) is 3.04. The first-order valence-electron chi connectivity index (χ1n) is 4.90. The predicted octanol–water partition coefficient (Wildman–Crippen LogP) is 5.25. The molecule has 1 aromatic rings. The summed E-state index contributed by atoms with van der Waals surface area (Å²) < 4.78 is 7.31. The maximum absolute atomic E-state index is 5.86. The molecule has 0 amide bonds. The van der Waals surface area contributed by atoms with Gasteiger partial charge in [0.15, 0.2) is 0 Å². The Kier molecular flexibility index (Phi) is 5.87. The lowest BCUT2D eigenvalue weighted by Crippen LogP contribution is -1.91. The lowest BCUT2D eigenvalue weighted by molar-refractivity contribution is 0.411. The quantitative estimate of drug-likeness (QED) is 0.659. The second-order valence-electron chi connectivity index (χ2n) is 3.30. The van der Waals surface area contributed by atoms with E-state index >= 15 is 0 Å². The van der Waals surface area contributed by atoms with E-state index in [1.165, 1.54) is 5.57 Å². The Balaban J connectivity index is 3.26. The molecule has 0 N–H and O–H groups in total. The summed E-state index contributed by atoms with van der Waals surface area (Å²) in [5.74, 6) is 1.38. The smallest absolute Gasteiger partial charge is 0.140 e. The molecule has 0 spiro atoms. The molecule has 0 aliphatic rings. The summed E-state index contributed by atoms with van der Waals surface area (Å²) in [4.78, 5) is 0. The second-order valence-corrected chi connectivity index (χ2v) is 5.34. The van der Waals surface area contributed by atoms with Crippen molar-refractivity contribution in [1.82, 2.24) is 0 Å². The number of methoxy groups -OCH3 is 1. The van der Waals surface area contributed by atoms with Crippen LogP contribution in [0.3, 0.4) is 0 Å². The second kappa shape index (κ2) is 6.67. The molecule has 0 fully saturated rings. The van der Waals surface area contributed by atoms with Gasteiger partial charge in [0.05, 0.1) is 11.6 Å². The first kappa shape index (κ1) is 14.1. The zero-order chi connectivity index (χ0) is 12.1. The Morgan fingerprint density at radius 1 is 1.44 bits per heavy atom. The summed E-state index contributed by atoms with van der Waals surface area (Å²) in [5, 5.41) is 0. The van der Waals surface area contributed by atoms with Crippen LogP contribution in [0.5, 0.6) is 5.75 Å². The first-order valence-corrected chi connectivity index (χ1v) is 7.02. The van der Waals surface area contributed by atoms with Gasteiger partial charge in [0.25, 0.3) is 0 Å². The van der Waals surface area contributed by atoms with Crippen molar-refractivity contribution in [3.63, 3.8) is 0 Å². The van der Waals surface area contributed by atoms with Crippen molar-refractivity contribution in [1.29, 1.82) is 0 Å². The van der Waals surface area contributed by atoms with E-state index in [0.717, 1.165) is 26.7 Å². The number of allylic oxidation sites excluding steroid dienone is 1. The van der Waals surface area contributed by atoms with E-state index in [0.29, 0.717) is 5.88 Å². The summed E-state index contributed by atoms with van der Waals surface area (Å²) in [7, 11) is 1.66. The zero-order valence-electron chi connectivity index (χ0n) is 9.19. The van der Waals surface area contributed by atoms with Crippen LogP contribution in [0.1, 0.15) is 18.9 Å². The maximum Gasteiger partial charge on any atom is 0.140 e. The van der Waals surface area contributed by atoms with Crippen LogP contribution in [0.2, 0.25) is 0 Å². The number of hydrogen-bond donors (Lipinski definition) is 0. The van der Waals surface area contributed by atoms with E-state index in [4.69, 9.17) is 16.3 Å². The fourth-order valence-electron chi connectivity index (χ4n) is 1.36. The van der Waals surface area contributed by atoms with Crippen molar-refractivity contribution < 1.29 is 4.74 Å². The van der Waals surface area contributed by atoms with Crippen LogP contribution in [0.25, 0.3) is 6.08 Å². The number of benzene rings is 1. The number of alkyl halides is 1. The Morgan fingerprint density at radius 3 is 2.62 bits per heavy atom. The van der Waals surface area contributed by atoms with Crippen LogP contribution in [0.4, 0.5) is 0 Å². The highest BCUT2D eigenvalue weighted by atomic mass is 79.9. The molecule has 0 radical (unpaired) electrons. The minimum atomic E-state index is 0.545. The summed E-state index contributed by atoms with van der Waals surface area (Å²) in [5.41, 5.74) is 2.21. The third kappa shape index (κ3) is 3.51. The Labute approximate surface area is 118 Å². The van der Waals surface area contributed by atoms with Gasteiger partial charge in [-0.2, -0.15) is 0 Å². The number of ether oxygens (including phenoxy) is 1. The van der Waals surface area contributed by atoms with Crippen LogP contribution < -0.4 is 4.74 Å². The van der Waals surface area contributed by atoms with Crippen LogP contribution in [0.15, 0.2) is 26.7 Å². The molecule has 0 heterocycles.